The normalized spacial score (nSPS) is 17.0. The van der Waals surface area contributed by atoms with Crippen molar-refractivity contribution in [2.24, 2.45) is 0 Å². The molecule has 4 nitrogen and oxygen atoms in total. The zero-order valence-electron chi connectivity index (χ0n) is 10.8. The van der Waals surface area contributed by atoms with Crippen LogP contribution in [0, 0.1) is 0 Å². The molecule has 0 radical (unpaired) electrons. The number of aromatic nitrogens is 2. The molecule has 1 aliphatic rings. The van der Waals surface area contributed by atoms with Gasteiger partial charge in [-0.3, -0.25) is 0 Å². The molecule has 2 N–H and O–H groups in total. The van der Waals surface area contributed by atoms with Crippen LogP contribution < -0.4 is 10.6 Å². The molecule has 0 unspecified atom stereocenters. The van der Waals surface area contributed by atoms with Crippen LogP contribution in [-0.2, 0) is 0 Å². The van der Waals surface area contributed by atoms with Crippen molar-refractivity contribution in [3.63, 3.8) is 0 Å². The van der Waals surface area contributed by atoms with E-state index in [-0.39, 0.29) is 18.7 Å². The van der Waals surface area contributed by atoms with Gasteiger partial charge in [0.15, 0.2) is 0 Å². The van der Waals surface area contributed by atoms with Crippen LogP contribution in [0.1, 0.15) is 12.8 Å². The van der Waals surface area contributed by atoms with Gasteiger partial charge in [-0.1, -0.05) is 12.1 Å². The Morgan fingerprint density at radius 2 is 1.85 bits per heavy atom. The number of hydrogen-bond acceptors (Lipinski definition) is 4. The molecule has 0 spiro atoms. The lowest BCUT2D eigenvalue weighted by Gasteiger charge is -2.22. The summed E-state index contributed by atoms with van der Waals surface area (Å²) >= 11 is 0. The Bertz CT molecular complexity index is 650. The lowest BCUT2D eigenvalue weighted by Crippen LogP contribution is -2.39. The van der Waals surface area contributed by atoms with Crippen LogP contribution in [-0.4, -0.2) is 28.7 Å². The fourth-order valence-corrected chi connectivity index (χ4v) is 2.11. The van der Waals surface area contributed by atoms with Crippen molar-refractivity contribution in [2.45, 2.75) is 24.6 Å². The van der Waals surface area contributed by atoms with Crippen molar-refractivity contribution in [1.29, 1.82) is 0 Å². The maximum Gasteiger partial charge on any atom is 0.411 e. The summed E-state index contributed by atoms with van der Waals surface area (Å²) in [6, 6.07) is 7.00. The maximum atomic E-state index is 13.0. The Kier molecular flexibility index (Phi) is 2.74. The van der Waals surface area contributed by atoms with Gasteiger partial charge >= 0.3 is 6.18 Å². The van der Waals surface area contributed by atoms with E-state index in [1.165, 1.54) is 0 Å². The molecule has 0 aliphatic heterocycles. The summed E-state index contributed by atoms with van der Waals surface area (Å²) in [5, 5.41) is 5.92. The quantitative estimate of drug-likeness (QED) is 0.907. The molecule has 0 atom stereocenters. The van der Waals surface area contributed by atoms with Crippen LogP contribution in [0.15, 0.2) is 24.3 Å². The van der Waals surface area contributed by atoms with Gasteiger partial charge < -0.3 is 10.6 Å². The Morgan fingerprint density at radius 1 is 1.15 bits per heavy atom. The zero-order chi connectivity index (χ0) is 14.4. The van der Waals surface area contributed by atoms with Crippen molar-refractivity contribution in [2.75, 3.05) is 17.7 Å². The molecule has 1 fully saturated rings. The number of nitrogens with zero attached hydrogens (tertiary/aromatic N) is 2. The van der Waals surface area contributed by atoms with Gasteiger partial charge in [0.2, 0.25) is 5.95 Å². The second kappa shape index (κ2) is 4.22. The van der Waals surface area contributed by atoms with E-state index in [1.54, 1.807) is 31.3 Å². The molecule has 1 saturated carbocycles. The minimum atomic E-state index is -4.28. The van der Waals surface area contributed by atoms with Crippen molar-refractivity contribution in [3.8, 4) is 0 Å². The van der Waals surface area contributed by atoms with E-state index in [0.717, 1.165) is 0 Å². The minimum Gasteiger partial charge on any atom is -0.357 e. The maximum absolute atomic E-state index is 13.0. The van der Waals surface area contributed by atoms with Crippen LogP contribution in [0.2, 0.25) is 0 Å². The fraction of sp³-hybridized carbons (Fsp3) is 0.385. The molecule has 20 heavy (non-hydrogen) atoms. The second-order valence-electron chi connectivity index (χ2n) is 4.87. The van der Waals surface area contributed by atoms with Gasteiger partial charge in [-0.2, -0.15) is 18.2 Å². The van der Waals surface area contributed by atoms with Crippen molar-refractivity contribution in [3.05, 3.63) is 24.3 Å². The fourth-order valence-electron chi connectivity index (χ4n) is 2.11. The number of fused-ring (bicyclic) bond motifs is 1. The van der Waals surface area contributed by atoms with Gasteiger partial charge in [-0.05, 0) is 25.0 Å². The number of benzene rings is 1. The number of alkyl halides is 3. The lowest BCUT2D eigenvalue weighted by molar-refractivity contribution is -0.151. The number of halogens is 3. The van der Waals surface area contributed by atoms with Crippen LogP contribution in [0.5, 0.6) is 0 Å². The Balaban J connectivity index is 2.07. The van der Waals surface area contributed by atoms with E-state index in [0.29, 0.717) is 16.9 Å². The first-order chi connectivity index (χ1) is 9.45. The van der Waals surface area contributed by atoms with Crippen LogP contribution >= 0.6 is 0 Å². The molecule has 1 aliphatic carbocycles. The first kappa shape index (κ1) is 13.0. The Labute approximate surface area is 113 Å². The van der Waals surface area contributed by atoms with Crippen molar-refractivity contribution in [1.82, 2.24) is 9.97 Å². The first-order valence-corrected chi connectivity index (χ1v) is 6.25. The molecule has 2 aromatic rings. The third-order valence-corrected chi connectivity index (χ3v) is 3.48. The summed E-state index contributed by atoms with van der Waals surface area (Å²) in [5.41, 5.74) is -1.23. The van der Waals surface area contributed by atoms with E-state index in [9.17, 15) is 13.2 Å². The Morgan fingerprint density at radius 3 is 2.45 bits per heavy atom. The van der Waals surface area contributed by atoms with Gasteiger partial charge in [-0.25, -0.2) is 4.98 Å². The summed E-state index contributed by atoms with van der Waals surface area (Å²) in [6.07, 6.45) is -4.13. The van der Waals surface area contributed by atoms with E-state index in [4.69, 9.17) is 0 Å². The van der Waals surface area contributed by atoms with Crippen molar-refractivity contribution >= 4 is 22.7 Å². The topological polar surface area (TPSA) is 49.8 Å². The average molecular weight is 282 g/mol. The van der Waals surface area contributed by atoms with Crippen LogP contribution in [0.25, 0.3) is 10.9 Å². The molecule has 1 heterocycles. The number of hydrogen-bond donors (Lipinski definition) is 2. The third-order valence-electron chi connectivity index (χ3n) is 3.48. The van der Waals surface area contributed by atoms with E-state index in [2.05, 4.69) is 20.6 Å². The van der Waals surface area contributed by atoms with Crippen LogP contribution in [0.4, 0.5) is 24.9 Å². The first-order valence-electron chi connectivity index (χ1n) is 6.25. The number of para-hydroxylation sites is 1. The molecule has 106 valence electrons. The Hall–Kier alpha value is -2.05. The number of nitrogens with one attached hydrogen (secondary N) is 2. The SMILES string of the molecule is CNc1nc(NC2(C(F)(F)F)CC2)c2ccccc2n1. The summed E-state index contributed by atoms with van der Waals surface area (Å²) in [6.45, 7) is 0. The largest absolute Gasteiger partial charge is 0.411 e. The smallest absolute Gasteiger partial charge is 0.357 e. The average Bonchev–Trinajstić information content (AvgIpc) is 3.19. The highest BCUT2D eigenvalue weighted by atomic mass is 19.4. The highest BCUT2D eigenvalue weighted by molar-refractivity contribution is 5.90. The molecule has 3 rings (SSSR count). The summed E-state index contributed by atoms with van der Waals surface area (Å²) < 4.78 is 39.1. The van der Waals surface area contributed by atoms with Crippen LogP contribution in [0.3, 0.4) is 0 Å². The standard InChI is InChI=1S/C13H13F3N4/c1-17-11-18-9-5-3-2-4-8(9)10(19-11)20-12(6-7-12)13(14,15)16/h2-5H,6-7H2,1H3,(H2,17,18,19,20). The lowest BCUT2D eigenvalue weighted by atomic mass is 10.2. The minimum absolute atomic E-state index is 0.0731. The predicted octanol–water partition coefficient (Wildman–Crippen LogP) is 3.18. The highest BCUT2D eigenvalue weighted by Gasteiger charge is 2.63. The van der Waals surface area contributed by atoms with Gasteiger partial charge in [0.05, 0.1) is 5.52 Å². The van der Waals surface area contributed by atoms with Gasteiger partial charge in [0.25, 0.3) is 0 Å². The third kappa shape index (κ3) is 2.03. The molecule has 0 saturated heterocycles. The molecule has 0 bridgehead atoms. The zero-order valence-corrected chi connectivity index (χ0v) is 10.8. The second-order valence-corrected chi connectivity index (χ2v) is 4.87. The van der Waals surface area contributed by atoms with E-state index in [1.807, 2.05) is 0 Å². The van der Waals surface area contributed by atoms with E-state index >= 15 is 0 Å². The highest BCUT2D eigenvalue weighted by Crippen LogP contribution is 2.51. The van der Waals surface area contributed by atoms with Gasteiger partial charge in [0.1, 0.15) is 11.4 Å². The molecular formula is C13H13F3N4. The van der Waals surface area contributed by atoms with E-state index < -0.39 is 11.7 Å². The summed E-state index contributed by atoms with van der Waals surface area (Å²) in [4.78, 5) is 8.35. The predicted molar refractivity (Wildman–Crippen MR) is 70.7 cm³/mol. The molecule has 7 heteroatoms. The molecule has 0 amide bonds. The van der Waals surface area contributed by atoms with Crippen molar-refractivity contribution < 1.29 is 13.2 Å². The molecule has 1 aromatic carbocycles. The molecule has 1 aromatic heterocycles. The van der Waals surface area contributed by atoms with Gasteiger partial charge in [0, 0.05) is 12.4 Å². The number of rotatable bonds is 3. The van der Waals surface area contributed by atoms with Gasteiger partial charge in [-0.15, -0.1) is 0 Å². The monoisotopic (exact) mass is 282 g/mol. The summed E-state index contributed by atoms with van der Waals surface area (Å²) in [5.74, 6) is 0.513. The summed E-state index contributed by atoms with van der Waals surface area (Å²) in [7, 11) is 1.63. The number of anilines is 2. The molecular weight excluding hydrogens is 269 g/mol.